The predicted molar refractivity (Wildman–Crippen MR) is 54.4 cm³/mol. The van der Waals surface area contributed by atoms with Gasteiger partial charge in [0, 0.05) is 19.5 Å². The Kier molecular flexibility index (Phi) is 4.45. The number of nitriles is 1. The van der Waals surface area contributed by atoms with Crippen molar-refractivity contribution in [2.45, 2.75) is 39.0 Å². The van der Waals surface area contributed by atoms with Crippen LogP contribution in [-0.2, 0) is 4.79 Å². The molecule has 0 radical (unpaired) electrons. The minimum Gasteiger partial charge on any atom is -0.341 e. The monoisotopic (exact) mass is 194 g/mol. The van der Waals surface area contributed by atoms with Crippen LogP contribution in [0.5, 0.6) is 0 Å². The van der Waals surface area contributed by atoms with Gasteiger partial charge in [-0.05, 0) is 19.3 Å². The predicted octanol–water partition coefficient (Wildman–Crippen LogP) is 1.94. The second-order valence-electron chi connectivity index (χ2n) is 3.91. The van der Waals surface area contributed by atoms with E-state index in [1.54, 1.807) is 0 Å². The van der Waals surface area contributed by atoms with Gasteiger partial charge in [0.25, 0.3) is 0 Å². The summed E-state index contributed by atoms with van der Waals surface area (Å²) in [6, 6.07) is 2.25. The Balaban J connectivity index is 2.36. The van der Waals surface area contributed by atoms with Gasteiger partial charge in [-0.25, -0.2) is 0 Å². The molecule has 0 saturated carbocycles. The average molecular weight is 194 g/mol. The summed E-state index contributed by atoms with van der Waals surface area (Å²) in [4.78, 5) is 13.5. The summed E-state index contributed by atoms with van der Waals surface area (Å²) in [5, 5.41) is 8.78. The van der Waals surface area contributed by atoms with Crippen LogP contribution in [-0.4, -0.2) is 23.9 Å². The maximum atomic E-state index is 11.6. The normalized spacial score (nSPS) is 21.7. The highest BCUT2D eigenvalue weighted by Crippen LogP contribution is 2.16. The van der Waals surface area contributed by atoms with Crippen LogP contribution in [0.3, 0.4) is 0 Å². The Morgan fingerprint density at radius 3 is 3.07 bits per heavy atom. The van der Waals surface area contributed by atoms with E-state index in [0.717, 1.165) is 32.2 Å². The largest absolute Gasteiger partial charge is 0.341 e. The molecule has 0 aliphatic carbocycles. The number of piperidine rings is 1. The van der Waals surface area contributed by atoms with E-state index in [1.165, 1.54) is 0 Å². The summed E-state index contributed by atoms with van der Waals surface area (Å²) < 4.78 is 0. The molecule has 0 bridgehead atoms. The van der Waals surface area contributed by atoms with Gasteiger partial charge in [-0.3, -0.25) is 4.79 Å². The zero-order chi connectivity index (χ0) is 10.4. The van der Waals surface area contributed by atoms with Gasteiger partial charge in [0.2, 0.25) is 5.91 Å². The second-order valence-corrected chi connectivity index (χ2v) is 3.91. The Hall–Kier alpha value is -1.04. The zero-order valence-electron chi connectivity index (χ0n) is 8.83. The molecule has 3 nitrogen and oxygen atoms in total. The Bertz CT molecular complexity index is 232. The van der Waals surface area contributed by atoms with Crippen molar-refractivity contribution in [1.29, 1.82) is 5.26 Å². The molecule has 14 heavy (non-hydrogen) atoms. The molecule has 0 aromatic rings. The van der Waals surface area contributed by atoms with Crippen molar-refractivity contribution in [1.82, 2.24) is 4.90 Å². The molecule has 1 unspecified atom stereocenters. The maximum Gasteiger partial charge on any atom is 0.222 e. The first-order chi connectivity index (χ1) is 6.77. The molecule has 1 atom stereocenters. The molecule has 0 N–H and O–H groups in total. The van der Waals surface area contributed by atoms with Crippen LogP contribution in [0.15, 0.2) is 0 Å². The highest BCUT2D eigenvalue weighted by molar-refractivity contribution is 5.76. The third-order valence-corrected chi connectivity index (χ3v) is 2.70. The van der Waals surface area contributed by atoms with Crippen LogP contribution in [0.2, 0.25) is 0 Å². The van der Waals surface area contributed by atoms with Gasteiger partial charge in [-0.15, -0.1) is 0 Å². The van der Waals surface area contributed by atoms with Crippen molar-refractivity contribution in [2.24, 2.45) is 5.92 Å². The molecule has 0 spiro atoms. The van der Waals surface area contributed by atoms with E-state index in [4.69, 9.17) is 5.26 Å². The Labute approximate surface area is 85.7 Å². The van der Waals surface area contributed by atoms with Crippen molar-refractivity contribution in [3.8, 4) is 6.07 Å². The molecule has 3 heteroatoms. The molecule has 1 aliphatic heterocycles. The number of hydrogen-bond donors (Lipinski definition) is 0. The fraction of sp³-hybridized carbons (Fsp3) is 0.818. The number of rotatable bonds is 3. The fourth-order valence-corrected chi connectivity index (χ4v) is 1.80. The standard InChI is InChI=1S/C11H18N2O/c1-2-3-6-11(14)13-7-4-5-10(8-12)9-13/h10H,2-7,9H2,1H3. The number of nitrogens with zero attached hydrogens (tertiary/aromatic N) is 2. The quantitative estimate of drug-likeness (QED) is 0.689. The molecule has 1 amide bonds. The van der Waals surface area contributed by atoms with Crippen LogP contribution in [0.4, 0.5) is 0 Å². The third kappa shape index (κ3) is 3.02. The Morgan fingerprint density at radius 1 is 1.64 bits per heavy atom. The van der Waals surface area contributed by atoms with Gasteiger partial charge < -0.3 is 4.90 Å². The molecule has 1 saturated heterocycles. The van der Waals surface area contributed by atoms with Crippen LogP contribution < -0.4 is 0 Å². The summed E-state index contributed by atoms with van der Waals surface area (Å²) in [6.45, 7) is 3.58. The molecule has 1 fully saturated rings. The van der Waals surface area contributed by atoms with Crippen molar-refractivity contribution in [3.05, 3.63) is 0 Å². The number of carbonyl (C=O) groups is 1. The van der Waals surface area contributed by atoms with Crippen molar-refractivity contribution in [2.75, 3.05) is 13.1 Å². The van der Waals surface area contributed by atoms with Gasteiger partial charge in [0.1, 0.15) is 0 Å². The van der Waals surface area contributed by atoms with E-state index >= 15 is 0 Å². The first kappa shape index (κ1) is 11.0. The van der Waals surface area contributed by atoms with Crippen LogP contribution in [0.1, 0.15) is 39.0 Å². The van der Waals surface area contributed by atoms with Crippen LogP contribution >= 0.6 is 0 Å². The number of amides is 1. The lowest BCUT2D eigenvalue weighted by molar-refractivity contribution is -0.132. The van der Waals surface area contributed by atoms with E-state index in [9.17, 15) is 4.79 Å². The molecule has 0 aromatic carbocycles. The van der Waals surface area contributed by atoms with Gasteiger partial charge in [-0.2, -0.15) is 5.26 Å². The first-order valence-corrected chi connectivity index (χ1v) is 5.45. The first-order valence-electron chi connectivity index (χ1n) is 5.45. The number of likely N-dealkylation sites (tertiary alicyclic amines) is 1. The minimum atomic E-state index is 0.0642. The molecule has 1 rings (SSSR count). The average Bonchev–Trinajstić information content (AvgIpc) is 2.26. The topological polar surface area (TPSA) is 44.1 Å². The maximum absolute atomic E-state index is 11.6. The highest BCUT2D eigenvalue weighted by Gasteiger charge is 2.22. The number of hydrogen-bond acceptors (Lipinski definition) is 2. The number of unbranched alkanes of at least 4 members (excludes halogenated alkanes) is 1. The van der Waals surface area contributed by atoms with Crippen molar-refractivity contribution < 1.29 is 4.79 Å². The third-order valence-electron chi connectivity index (χ3n) is 2.70. The molecular formula is C11H18N2O. The fourth-order valence-electron chi connectivity index (χ4n) is 1.80. The van der Waals surface area contributed by atoms with E-state index in [-0.39, 0.29) is 11.8 Å². The van der Waals surface area contributed by atoms with Gasteiger partial charge in [0.05, 0.1) is 12.0 Å². The molecule has 1 aliphatic rings. The SMILES string of the molecule is CCCCC(=O)N1CCCC(C#N)C1. The second kappa shape index (κ2) is 5.64. The van der Waals surface area contributed by atoms with Crippen molar-refractivity contribution >= 4 is 5.91 Å². The van der Waals surface area contributed by atoms with Gasteiger partial charge >= 0.3 is 0 Å². The lowest BCUT2D eigenvalue weighted by atomic mass is 9.99. The molecular weight excluding hydrogens is 176 g/mol. The summed E-state index contributed by atoms with van der Waals surface area (Å²) >= 11 is 0. The van der Waals surface area contributed by atoms with E-state index < -0.39 is 0 Å². The summed E-state index contributed by atoms with van der Waals surface area (Å²) in [6.07, 6.45) is 4.60. The lowest BCUT2D eigenvalue weighted by Gasteiger charge is -2.29. The summed E-state index contributed by atoms with van der Waals surface area (Å²) in [7, 11) is 0. The zero-order valence-corrected chi connectivity index (χ0v) is 8.83. The number of carbonyl (C=O) groups excluding carboxylic acids is 1. The van der Waals surface area contributed by atoms with Gasteiger partial charge in [0.15, 0.2) is 0 Å². The summed E-state index contributed by atoms with van der Waals surface area (Å²) in [5.41, 5.74) is 0. The van der Waals surface area contributed by atoms with E-state index in [0.29, 0.717) is 13.0 Å². The van der Waals surface area contributed by atoms with E-state index in [2.05, 4.69) is 13.0 Å². The molecule has 0 aromatic heterocycles. The lowest BCUT2D eigenvalue weighted by Crippen LogP contribution is -2.39. The van der Waals surface area contributed by atoms with E-state index in [1.807, 2.05) is 4.90 Å². The van der Waals surface area contributed by atoms with Crippen LogP contribution in [0, 0.1) is 17.2 Å². The smallest absolute Gasteiger partial charge is 0.222 e. The molecule has 78 valence electrons. The Morgan fingerprint density at radius 2 is 2.43 bits per heavy atom. The summed E-state index contributed by atoms with van der Waals surface area (Å²) in [5.74, 6) is 0.293. The highest BCUT2D eigenvalue weighted by atomic mass is 16.2. The minimum absolute atomic E-state index is 0.0642. The molecule has 1 heterocycles. The van der Waals surface area contributed by atoms with Gasteiger partial charge in [-0.1, -0.05) is 13.3 Å². The van der Waals surface area contributed by atoms with Crippen molar-refractivity contribution in [3.63, 3.8) is 0 Å². The van der Waals surface area contributed by atoms with Crippen LogP contribution in [0.25, 0.3) is 0 Å².